The summed E-state index contributed by atoms with van der Waals surface area (Å²) in [6, 6.07) is 9.05. The maximum absolute atomic E-state index is 12.0. The van der Waals surface area contributed by atoms with Gasteiger partial charge in [-0.15, -0.1) is 0 Å². The predicted molar refractivity (Wildman–Crippen MR) is 99.5 cm³/mol. The molecular formula is C18H21N3O3S. The third-order valence-electron chi connectivity index (χ3n) is 3.46. The van der Waals surface area contributed by atoms with E-state index in [4.69, 9.17) is 4.74 Å². The second-order valence-corrected chi connectivity index (χ2v) is 6.24. The number of ether oxygens (including phenoxy) is 1. The fourth-order valence-corrected chi connectivity index (χ4v) is 2.63. The van der Waals surface area contributed by atoms with Crippen LogP contribution in [0.5, 0.6) is 0 Å². The number of para-hydroxylation sites is 1. The van der Waals surface area contributed by atoms with Gasteiger partial charge in [0.2, 0.25) is 5.91 Å². The van der Waals surface area contributed by atoms with Gasteiger partial charge in [0.05, 0.1) is 19.0 Å². The zero-order valence-corrected chi connectivity index (χ0v) is 15.0. The van der Waals surface area contributed by atoms with Crippen LogP contribution >= 0.6 is 11.8 Å². The molecular weight excluding hydrogens is 338 g/mol. The molecule has 2 rings (SSSR count). The summed E-state index contributed by atoms with van der Waals surface area (Å²) in [7, 11) is 1.31. The molecule has 7 heteroatoms. The lowest BCUT2D eigenvalue weighted by molar-refractivity contribution is -0.144. The molecule has 1 aromatic carbocycles. The van der Waals surface area contributed by atoms with Crippen molar-refractivity contribution in [2.75, 3.05) is 19.1 Å². The van der Waals surface area contributed by atoms with Crippen molar-refractivity contribution in [3.63, 3.8) is 0 Å². The minimum atomic E-state index is -0.637. The number of thioether (sulfide) groups is 1. The molecule has 0 aliphatic carbocycles. The molecule has 1 heterocycles. The minimum absolute atomic E-state index is 0.344. The van der Waals surface area contributed by atoms with Gasteiger partial charge < -0.3 is 10.1 Å². The predicted octanol–water partition coefficient (Wildman–Crippen LogP) is 2.30. The highest BCUT2D eigenvalue weighted by atomic mass is 32.2. The van der Waals surface area contributed by atoms with Crippen molar-refractivity contribution < 1.29 is 14.3 Å². The van der Waals surface area contributed by atoms with Gasteiger partial charge in [0.1, 0.15) is 6.04 Å². The van der Waals surface area contributed by atoms with E-state index in [-0.39, 0.29) is 5.91 Å². The van der Waals surface area contributed by atoms with Crippen LogP contribution in [0.15, 0.2) is 48.8 Å². The van der Waals surface area contributed by atoms with E-state index >= 15 is 0 Å². The number of amides is 1. The fraction of sp³-hybridized carbons (Fsp3) is 0.278. The topological polar surface area (TPSA) is 73.2 Å². The molecule has 0 radical (unpaired) electrons. The number of hydrogen-bond acceptors (Lipinski definition) is 5. The van der Waals surface area contributed by atoms with Gasteiger partial charge in [-0.05, 0) is 36.6 Å². The molecule has 0 bridgehead atoms. The van der Waals surface area contributed by atoms with Gasteiger partial charge in [0.15, 0.2) is 0 Å². The molecule has 0 aliphatic rings. The average molecular weight is 359 g/mol. The van der Waals surface area contributed by atoms with Crippen LogP contribution in [0.1, 0.15) is 12.0 Å². The first-order valence-electron chi connectivity index (χ1n) is 7.79. The molecule has 0 spiro atoms. The number of rotatable bonds is 8. The number of nitrogens with one attached hydrogen (secondary N) is 1. The van der Waals surface area contributed by atoms with Crippen molar-refractivity contribution in [3.8, 4) is 5.69 Å². The van der Waals surface area contributed by atoms with Crippen molar-refractivity contribution in [2.24, 2.45) is 0 Å². The van der Waals surface area contributed by atoms with Crippen LogP contribution in [0.4, 0.5) is 0 Å². The lowest BCUT2D eigenvalue weighted by atomic mass is 10.2. The van der Waals surface area contributed by atoms with Crippen LogP contribution in [0, 0.1) is 0 Å². The molecule has 0 saturated heterocycles. The molecule has 1 aromatic heterocycles. The van der Waals surface area contributed by atoms with E-state index in [1.54, 1.807) is 28.7 Å². The van der Waals surface area contributed by atoms with E-state index < -0.39 is 12.0 Å². The summed E-state index contributed by atoms with van der Waals surface area (Å²) < 4.78 is 6.45. The smallest absolute Gasteiger partial charge is 0.328 e. The average Bonchev–Trinajstić information content (AvgIpc) is 3.12. The van der Waals surface area contributed by atoms with Gasteiger partial charge in [-0.25, -0.2) is 9.48 Å². The highest BCUT2D eigenvalue weighted by molar-refractivity contribution is 7.98. The summed E-state index contributed by atoms with van der Waals surface area (Å²) in [5, 5.41) is 6.93. The fourth-order valence-electron chi connectivity index (χ4n) is 2.16. The summed E-state index contributed by atoms with van der Waals surface area (Å²) in [5.41, 5.74) is 1.73. The van der Waals surface area contributed by atoms with Gasteiger partial charge in [-0.2, -0.15) is 16.9 Å². The van der Waals surface area contributed by atoms with Gasteiger partial charge in [-0.3, -0.25) is 4.79 Å². The van der Waals surface area contributed by atoms with E-state index in [0.717, 1.165) is 17.0 Å². The zero-order valence-electron chi connectivity index (χ0n) is 14.2. The molecule has 1 amide bonds. The number of hydrogen-bond donors (Lipinski definition) is 1. The number of carbonyl (C=O) groups is 2. The van der Waals surface area contributed by atoms with E-state index in [1.165, 1.54) is 13.2 Å². The van der Waals surface area contributed by atoms with Crippen molar-refractivity contribution in [3.05, 3.63) is 54.4 Å². The Kier molecular flexibility index (Phi) is 7.28. The molecule has 1 atom stereocenters. The zero-order chi connectivity index (χ0) is 18.1. The number of aromatic nitrogens is 2. The van der Waals surface area contributed by atoms with Crippen LogP contribution in [0.2, 0.25) is 0 Å². The second kappa shape index (κ2) is 9.68. The molecule has 6 nitrogen and oxygen atoms in total. The van der Waals surface area contributed by atoms with Gasteiger partial charge >= 0.3 is 5.97 Å². The van der Waals surface area contributed by atoms with Crippen molar-refractivity contribution in [1.82, 2.24) is 15.1 Å². The Morgan fingerprint density at radius 3 is 2.80 bits per heavy atom. The molecule has 0 fully saturated rings. The highest BCUT2D eigenvalue weighted by Crippen LogP contribution is 2.09. The third kappa shape index (κ3) is 5.79. The van der Waals surface area contributed by atoms with E-state index in [1.807, 2.05) is 42.8 Å². The number of esters is 1. The van der Waals surface area contributed by atoms with Crippen LogP contribution in [-0.4, -0.2) is 46.8 Å². The van der Waals surface area contributed by atoms with Gasteiger partial charge in [-0.1, -0.05) is 18.2 Å². The summed E-state index contributed by atoms with van der Waals surface area (Å²) in [6.07, 6.45) is 9.01. The van der Waals surface area contributed by atoms with Gasteiger partial charge in [0.25, 0.3) is 0 Å². The van der Waals surface area contributed by atoms with Crippen LogP contribution in [0.3, 0.4) is 0 Å². The van der Waals surface area contributed by atoms with Crippen molar-refractivity contribution >= 4 is 29.7 Å². The maximum atomic E-state index is 12.0. The molecule has 1 N–H and O–H groups in total. The monoisotopic (exact) mass is 359 g/mol. The lowest BCUT2D eigenvalue weighted by Crippen LogP contribution is -2.41. The normalized spacial score (nSPS) is 12.1. The highest BCUT2D eigenvalue weighted by Gasteiger charge is 2.19. The quantitative estimate of drug-likeness (QED) is 0.578. The third-order valence-corrected chi connectivity index (χ3v) is 4.11. The molecule has 132 valence electrons. The second-order valence-electron chi connectivity index (χ2n) is 5.25. The molecule has 0 unspecified atom stereocenters. The lowest BCUT2D eigenvalue weighted by Gasteiger charge is -2.14. The summed E-state index contributed by atoms with van der Waals surface area (Å²) in [6.45, 7) is 0. The number of carbonyl (C=O) groups excluding carboxylic acids is 2. The summed E-state index contributed by atoms with van der Waals surface area (Å²) in [5.74, 6) is -0.0233. The molecule has 0 aliphatic heterocycles. The van der Waals surface area contributed by atoms with E-state index in [9.17, 15) is 9.59 Å². The van der Waals surface area contributed by atoms with Crippen LogP contribution in [-0.2, 0) is 14.3 Å². The summed E-state index contributed by atoms with van der Waals surface area (Å²) >= 11 is 1.61. The van der Waals surface area contributed by atoms with Crippen LogP contribution < -0.4 is 5.32 Å². The number of nitrogens with zero attached hydrogens (tertiary/aromatic N) is 2. The number of benzene rings is 1. The SMILES string of the molecule is COC(=O)[C@H](CCSC)NC(=O)/C=C/c1cnn(-c2ccccc2)c1. The molecule has 25 heavy (non-hydrogen) atoms. The van der Waals surface area contributed by atoms with Gasteiger partial charge in [0, 0.05) is 17.8 Å². The minimum Gasteiger partial charge on any atom is -0.467 e. The Bertz CT molecular complexity index is 728. The molecule has 0 saturated carbocycles. The maximum Gasteiger partial charge on any atom is 0.328 e. The van der Waals surface area contributed by atoms with Crippen molar-refractivity contribution in [2.45, 2.75) is 12.5 Å². The standard InChI is InChI=1S/C18H21N3O3S/c1-24-18(23)16(10-11-25-2)20-17(22)9-8-14-12-19-21(13-14)15-6-4-3-5-7-15/h3-9,12-13,16H,10-11H2,1-2H3,(H,20,22)/b9-8+/t16-/m0/s1. The summed E-state index contributed by atoms with van der Waals surface area (Å²) in [4.78, 5) is 23.8. The Balaban J connectivity index is 1.97. The first kappa shape index (κ1) is 18.8. The Labute approximate surface area is 151 Å². The first-order chi connectivity index (χ1) is 12.1. The van der Waals surface area contributed by atoms with Crippen molar-refractivity contribution in [1.29, 1.82) is 0 Å². The van der Waals surface area contributed by atoms with Crippen LogP contribution in [0.25, 0.3) is 11.8 Å². The Morgan fingerprint density at radius 1 is 1.36 bits per heavy atom. The largest absolute Gasteiger partial charge is 0.467 e. The van der Waals surface area contributed by atoms with E-state index in [0.29, 0.717) is 6.42 Å². The molecule has 2 aromatic rings. The first-order valence-corrected chi connectivity index (χ1v) is 9.19. The Morgan fingerprint density at radius 2 is 2.12 bits per heavy atom. The van der Waals surface area contributed by atoms with E-state index in [2.05, 4.69) is 10.4 Å². The Hall–Kier alpha value is -2.54. The number of methoxy groups -OCH3 is 1.